The van der Waals surface area contributed by atoms with E-state index in [1.54, 1.807) is 30.3 Å². The average molecular weight is 646 g/mol. The summed E-state index contributed by atoms with van der Waals surface area (Å²) in [5.41, 5.74) is 2.02. The van der Waals surface area contributed by atoms with Crippen LogP contribution in [0.4, 0.5) is 16.2 Å². The lowest BCUT2D eigenvalue weighted by molar-refractivity contribution is -0.122. The van der Waals surface area contributed by atoms with Gasteiger partial charge >= 0.3 is 6.03 Å². The first-order chi connectivity index (χ1) is 18.2. The lowest BCUT2D eigenvalue weighted by Gasteiger charge is -2.26. The highest BCUT2D eigenvalue weighted by Gasteiger charge is 2.37. The van der Waals surface area contributed by atoms with Crippen LogP contribution in [0.2, 0.25) is 5.02 Å². The summed E-state index contributed by atoms with van der Waals surface area (Å²) in [4.78, 5) is 51.4. The Kier molecular flexibility index (Phi) is 8.32. The Hall–Kier alpha value is -3.90. The van der Waals surface area contributed by atoms with Crippen molar-refractivity contribution in [3.05, 3.63) is 86.0 Å². The fraction of sp³-hybridized carbons (Fsp3) is 0.111. The maximum Gasteiger partial charge on any atom is 0.335 e. The molecule has 4 rings (SSSR count). The van der Waals surface area contributed by atoms with Gasteiger partial charge in [-0.25, -0.2) is 9.69 Å². The number of carbonyl (C=O) groups excluding carboxylic acids is 4. The number of hydrogen-bond acceptors (Lipinski definition) is 6. The number of hydrogen-bond donors (Lipinski definition) is 2. The van der Waals surface area contributed by atoms with Gasteiger partial charge in [-0.3, -0.25) is 19.7 Å². The summed E-state index contributed by atoms with van der Waals surface area (Å²) in [5.74, 6) is -1.37. The molecule has 0 saturated carbocycles. The first-order valence-corrected chi connectivity index (χ1v) is 12.7. The zero-order valence-electron chi connectivity index (χ0n) is 20.2. The number of nitrogens with one attached hydrogen (secondary N) is 2. The number of methoxy groups -OCH3 is 1. The number of carbonyl (C=O) groups is 4. The van der Waals surface area contributed by atoms with E-state index in [1.165, 1.54) is 25.3 Å². The fourth-order valence-corrected chi connectivity index (χ4v) is 4.64. The van der Waals surface area contributed by atoms with Crippen LogP contribution in [-0.2, 0) is 14.4 Å². The number of amides is 5. The standard InChI is InChI=1S/C27H21ClIN3O6/c1-15-6-3-4-9-21(15)30-23(33)14-38-24-20(29)11-16(12-22(24)37-2)10-19-25(34)31-27(36)32(26(19)35)18-8-5-7-17(28)13-18/h3-13H,14H2,1-2H3,(H,30,33)(H,31,34,36)/b19-10+. The van der Waals surface area contributed by atoms with Crippen molar-refractivity contribution >= 4 is 75.4 Å². The molecule has 1 saturated heterocycles. The largest absolute Gasteiger partial charge is 0.493 e. The Balaban J connectivity index is 1.57. The molecule has 0 spiro atoms. The molecule has 1 aliphatic heterocycles. The molecule has 3 aromatic carbocycles. The minimum atomic E-state index is -0.876. The van der Waals surface area contributed by atoms with Gasteiger partial charge in [-0.2, -0.15) is 0 Å². The fourth-order valence-electron chi connectivity index (χ4n) is 3.67. The topological polar surface area (TPSA) is 114 Å². The van der Waals surface area contributed by atoms with Crippen molar-refractivity contribution in [2.24, 2.45) is 0 Å². The van der Waals surface area contributed by atoms with Crippen LogP contribution in [0, 0.1) is 10.5 Å². The van der Waals surface area contributed by atoms with Crippen LogP contribution >= 0.6 is 34.2 Å². The molecule has 5 amide bonds. The number of aryl methyl sites for hydroxylation is 1. The number of nitrogens with zero attached hydrogens (tertiary/aromatic N) is 1. The highest BCUT2D eigenvalue weighted by atomic mass is 127. The van der Waals surface area contributed by atoms with Gasteiger partial charge < -0.3 is 14.8 Å². The number of rotatable bonds is 7. The summed E-state index contributed by atoms with van der Waals surface area (Å²) in [6, 6.07) is 15.9. The van der Waals surface area contributed by atoms with Crippen LogP contribution in [-0.4, -0.2) is 37.5 Å². The number of urea groups is 1. The van der Waals surface area contributed by atoms with Crippen LogP contribution < -0.4 is 25.0 Å². The third kappa shape index (κ3) is 5.97. The van der Waals surface area contributed by atoms with E-state index in [0.29, 0.717) is 31.3 Å². The number of ether oxygens (including phenoxy) is 2. The molecule has 38 heavy (non-hydrogen) atoms. The number of para-hydroxylation sites is 1. The monoisotopic (exact) mass is 645 g/mol. The van der Waals surface area contributed by atoms with Gasteiger partial charge in [0.15, 0.2) is 18.1 Å². The first kappa shape index (κ1) is 27.1. The molecule has 9 nitrogen and oxygen atoms in total. The van der Waals surface area contributed by atoms with Crippen molar-refractivity contribution in [1.82, 2.24) is 5.32 Å². The molecule has 194 valence electrons. The van der Waals surface area contributed by atoms with Gasteiger partial charge in [-0.05, 0) is 83.1 Å². The number of benzene rings is 3. The zero-order chi connectivity index (χ0) is 27.4. The molecule has 1 heterocycles. The molecule has 3 aromatic rings. The Morgan fingerprint density at radius 1 is 1.11 bits per heavy atom. The summed E-state index contributed by atoms with van der Waals surface area (Å²) in [5, 5.41) is 5.30. The van der Waals surface area contributed by atoms with Crippen molar-refractivity contribution in [3.8, 4) is 11.5 Å². The normalized spacial score (nSPS) is 14.4. The van der Waals surface area contributed by atoms with Crippen molar-refractivity contribution in [3.63, 3.8) is 0 Å². The number of halogens is 2. The van der Waals surface area contributed by atoms with Gasteiger partial charge in [0, 0.05) is 10.7 Å². The number of barbiturate groups is 1. The Bertz CT molecular complexity index is 1490. The maximum atomic E-state index is 13.2. The van der Waals surface area contributed by atoms with E-state index in [9.17, 15) is 19.2 Å². The van der Waals surface area contributed by atoms with Crippen molar-refractivity contribution in [1.29, 1.82) is 0 Å². The van der Waals surface area contributed by atoms with E-state index in [2.05, 4.69) is 10.6 Å². The van der Waals surface area contributed by atoms with Crippen LogP contribution in [0.1, 0.15) is 11.1 Å². The zero-order valence-corrected chi connectivity index (χ0v) is 23.1. The van der Waals surface area contributed by atoms with Crippen LogP contribution in [0.15, 0.2) is 66.2 Å². The summed E-state index contributed by atoms with van der Waals surface area (Å²) in [6.07, 6.45) is 1.35. The summed E-state index contributed by atoms with van der Waals surface area (Å²) in [6.45, 7) is 1.62. The second-order valence-electron chi connectivity index (χ2n) is 8.12. The molecule has 0 aromatic heterocycles. The Labute approximate surface area is 236 Å². The summed E-state index contributed by atoms with van der Waals surface area (Å²) < 4.78 is 11.8. The lowest BCUT2D eigenvalue weighted by Crippen LogP contribution is -2.54. The van der Waals surface area contributed by atoms with E-state index in [-0.39, 0.29) is 23.8 Å². The highest BCUT2D eigenvalue weighted by molar-refractivity contribution is 14.1. The molecule has 1 fully saturated rings. The number of anilines is 2. The van der Waals surface area contributed by atoms with Gasteiger partial charge in [-0.15, -0.1) is 0 Å². The Morgan fingerprint density at radius 3 is 2.58 bits per heavy atom. The molecular weight excluding hydrogens is 625 g/mol. The van der Waals surface area contributed by atoms with Crippen molar-refractivity contribution in [2.45, 2.75) is 6.92 Å². The first-order valence-electron chi connectivity index (χ1n) is 11.2. The molecule has 0 unspecified atom stereocenters. The Morgan fingerprint density at radius 2 is 1.87 bits per heavy atom. The summed E-state index contributed by atoms with van der Waals surface area (Å²) in [7, 11) is 1.43. The average Bonchev–Trinajstić information content (AvgIpc) is 2.87. The van der Waals surface area contributed by atoms with Crippen molar-refractivity contribution < 1.29 is 28.7 Å². The molecule has 2 N–H and O–H groups in total. The molecular formula is C27H21ClIN3O6. The SMILES string of the molecule is COc1cc(/C=C2\C(=O)NC(=O)N(c3cccc(Cl)c3)C2=O)cc(I)c1OCC(=O)Nc1ccccc1C. The van der Waals surface area contributed by atoms with E-state index >= 15 is 0 Å². The third-order valence-corrected chi connectivity index (χ3v) is 6.53. The van der Waals surface area contributed by atoms with Gasteiger partial charge in [0.2, 0.25) is 0 Å². The van der Waals surface area contributed by atoms with E-state index in [0.717, 1.165) is 10.5 Å². The van der Waals surface area contributed by atoms with Crippen molar-refractivity contribution in [2.75, 3.05) is 23.9 Å². The van der Waals surface area contributed by atoms with E-state index in [4.69, 9.17) is 21.1 Å². The predicted octanol–water partition coefficient (Wildman–Crippen LogP) is 4.95. The minimum Gasteiger partial charge on any atom is -0.493 e. The lowest BCUT2D eigenvalue weighted by atomic mass is 10.1. The molecule has 1 aliphatic rings. The predicted molar refractivity (Wildman–Crippen MR) is 151 cm³/mol. The van der Waals surface area contributed by atoms with Gasteiger partial charge in [0.25, 0.3) is 17.7 Å². The van der Waals surface area contributed by atoms with Gasteiger partial charge in [0.05, 0.1) is 16.4 Å². The molecule has 0 aliphatic carbocycles. The smallest absolute Gasteiger partial charge is 0.335 e. The second kappa shape index (κ2) is 11.7. The highest BCUT2D eigenvalue weighted by Crippen LogP contribution is 2.35. The number of imide groups is 2. The minimum absolute atomic E-state index is 0.221. The maximum absolute atomic E-state index is 13.2. The third-order valence-electron chi connectivity index (χ3n) is 5.50. The van der Waals surface area contributed by atoms with Gasteiger partial charge in [0.1, 0.15) is 5.57 Å². The van der Waals surface area contributed by atoms with Crippen LogP contribution in [0.5, 0.6) is 11.5 Å². The van der Waals surface area contributed by atoms with Crippen LogP contribution in [0.3, 0.4) is 0 Å². The van der Waals surface area contributed by atoms with E-state index < -0.39 is 17.8 Å². The second-order valence-corrected chi connectivity index (χ2v) is 9.72. The van der Waals surface area contributed by atoms with Crippen LogP contribution in [0.25, 0.3) is 6.08 Å². The molecule has 0 atom stereocenters. The van der Waals surface area contributed by atoms with E-state index in [1.807, 2.05) is 47.7 Å². The quantitative estimate of drug-likeness (QED) is 0.214. The molecule has 0 radical (unpaired) electrons. The van der Waals surface area contributed by atoms with Gasteiger partial charge in [-0.1, -0.05) is 35.9 Å². The molecule has 11 heteroatoms. The molecule has 0 bridgehead atoms. The summed E-state index contributed by atoms with van der Waals surface area (Å²) >= 11 is 8.01.